The Morgan fingerprint density at radius 2 is 2.40 bits per heavy atom. The lowest BCUT2D eigenvalue weighted by Gasteiger charge is -2.06. The van der Waals surface area contributed by atoms with E-state index in [0.29, 0.717) is 13.2 Å². The lowest BCUT2D eigenvalue weighted by atomic mass is 10.4. The Bertz CT molecular complexity index is 349. The topological polar surface area (TPSA) is 56.1 Å². The molecule has 0 atom stereocenters. The Labute approximate surface area is 89.1 Å². The summed E-state index contributed by atoms with van der Waals surface area (Å²) in [6.07, 6.45) is 2.46. The predicted molar refractivity (Wildman–Crippen MR) is 59.2 cm³/mol. The summed E-state index contributed by atoms with van der Waals surface area (Å²) >= 11 is 0. The molecular formula is C10H17N3O2. The SMILES string of the molecule is CCNc1cnn(CCCOC)c(=O)c1. The van der Waals surface area contributed by atoms with E-state index in [2.05, 4.69) is 10.4 Å². The van der Waals surface area contributed by atoms with Crippen LogP contribution in [0.15, 0.2) is 17.1 Å². The number of anilines is 1. The average Bonchev–Trinajstić information content (AvgIpc) is 2.22. The third-order valence-electron chi connectivity index (χ3n) is 1.97. The van der Waals surface area contributed by atoms with Crippen molar-refractivity contribution in [3.63, 3.8) is 0 Å². The summed E-state index contributed by atoms with van der Waals surface area (Å²) in [6.45, 7) is 4.00. The van der Waals surface area contributed by atoms with E-state index < -0.39 is 0 Å². The van der Waals surface area contributed by atoms with Crippen LogP contribution in [-0.2, 0) is 11.3 Å². The van der Waals surface area contributed by atoms with Crippen LogP contribution in [0.2, 0.25) is 0 Å². The van der Waals surface area contributed by atoms with Crippen molar-refractivity contribution in [2.75, 3.05) is 25.6 Å². The fourth-order valence-corrected chi connectivity index (χ4v) is 1.26. The van der Waals surface area contributed by atoms with Crippen LogP contribution in [0.5, 0.6) is 0 Å². The lowest BCUT2D eigenvalue weighted by Crippen LogP contribution is -2.23. The maximum absolute atomic E-state index is 11.5. The molecule has 84 valence electrons. The first-order chi connectivity index (χ1) is 7.27. The molecule has 0 radical (unpaired) electrons. The molecule has 0 aliphatic heterocycles. The van der Waals surface area contributed by atoms with Gasteiger partial charge in [-0.15, -0.1) is 0 Å². The molecular weight excluding hydrogens is 194 g/mol. The third kappa shape index (κ3) is 3.71. The van der Waals surface area contributed by atoms with E-state index >= 15 is 0 Å². The van der Waals surface area contributed by atoms with E-state index in [1.54, 1.807) is 19.4 Å². The summed E-state index contributed by atoms with van der Waals surface area (Å²) in [4.78, 5) is 11.5. The molecule has 15 heavy (non-hydrogen) atoms. The van der Waals surface area contributed by atoms with Crippen LogP contribution in [0.1, 0.15) is 13.3 Å². The number of aromatic nitrogens is 2. The van der Waals surface area contributed by atoms with Gasteiger partial charge in [0.2, 0.25) is 0 Å². The summed E-state index contributed by atoms with van der Waals surface area (Å²) < 4.78 is 6.35. The standard InChI is InChI=1S/C10H17N3O2/c1-3-11-9-7-10(14)13(12-8-9)5-4-6-15-2/h7-8,11H,3-6H2,1-2H3. The van der Waals surface area contributed by atoms with Crippen LogP contribution in [0, 0.1) is 0 Å². The minimum atomic E-state index is -0.0791. The first-order valence-electron chi connectivity index (χ1n) is 5.08. The molecule has 0 bridgehead atoms. The summed E-state index contributed by atoms with van der Waals surface area (Å²) in [7, 11) is 1.64. The molecule has 0 saturated heterocycles. The Balaban J connectivity index is 2.62. The van der Waals surface area contributed by atoms with Gasteiger partial charge in [0.25, 0.3) is 5.56 Å². The molecule has 1 N–H and O–H groups in total. The number of nitrogens with zero attached hydrogens (tertiary/aromatic N) is 2. The van der Waals surface area contributed by atoms with Gasteiger partial charge in [0, 0.05) is 32.9 Å². The van der Waals surface area contributed by atoms with E-state index in [0.717, 1.165) is 18.7 Å². The van der Waals surface area contributed by atoms with Gasteiger partial charge >= 0.3 is 0 Å². The van der Waals surface area contributed by atoms with Crippen molar-refractivity contribution in [3.8, 4) is 0 Å². The molecule has 5 heteroatoms. The molecule has 0 amide bonds. The zero-order valence-electron chi connectivity index (χ0n) is 9.19. The van der Waals surface area contributed by atoms with Gasteiger partial charge in [-0.2, -0.15) is 5.10 Å². The number of nitrogens with one attached hydrogen (secondary N) is 1. The van der Waals surface area contributed by atoms with Crippen molar-refractivity contribution in [2.45, 2.75) is 19.9 Å². The van der Waals surface area contributed by atoms with Crippen LogP contribution in [0.4, 0.5) is 5.69 Å². The van der Waals surface area contributed by atoms with Crippen LogP contribution in [0.3, 0.4) is 0 Å². The maximum atomic E-state index is 11.5. The lowest BCUT2D eigenvalue weighted by molar-refractivity contribution is 0.188. The highest BCUT2D eigenvalue weighted by Gasteiger charge is 1.98. The first kappa shape index (κ1) is 11.7. The van der Waals surface area contributed by atoms with Gasteiger partial charge in [0.05, 0.1) is 11.9 Å². The van der Waals surface area contributed by atoms with E-state index in [4.69, 9.17) is 4.74 Å². The number of aryl methyl sites for hydroxylation is 1. The van der Waals surface area contributed by atoms with Crippen molar-refractivity contribution in [3.05, 3.63) is 22.6 Å². The van der Waals surface area contributed by atoms with Crippen molar-refractivity contribution in [2.24, 2.45) is 0 Å². The zero-order valence-corrected chi connectivity index (χ0v) is 9.19. The second-order valence-corrected chi connectivity index (χ2v) is 3.18. The van der Waals surface area contributed by atoms with Gasteiger partial charge in [-0.3, -0.25) is 4.79 Å². The van der Waals surface area contributed by atoms with Gasteiger partial charge in [0.15, 0.2) is 0 Å². The molecule has 0 spiro atoms. The fourth-order valence-electron chi connectivity index (χ4n) is 1.26. The quantitative estimate of drug-likeness (QED) is 0.704. The second kappa shape index (κ2) is 6.19. The van der Waals surface area contributed by atoms with Crippen LogP contribution >= 0.6 is 0 Å². The summed E-state index contributed by atoms with van der Waals surface area (Å²) in [6, 6.07) is 1.56. The van der Waals surface area contributed by atoms with Crippen LogP contribution in [0.25, 0.3) is 0 Å². The Kier molecular flexibility index (Phi) is 4.83. The van der Waals surface area contributed by atoms with Crippen LogP contribution in [-0.4, -0.2) is 30.0 Å². The summed E-state index contributed by atoms with van der Waals surface area (Å²) in [5, 5.41) is 7.10. The van der Waals surface area contributed by atoms with E-state index in [9.17, 15) is 4.79 Å². The van der Waals surface area contributed by atoms with E-state index in [1.165, 1.54) is 4.68 Å². The average molecular weight is 211 g/mol. The number of ether oxygens (including phenoxy) is 1. The minimum absolute atomic E-state index is 0.0791. The molecule has 0 saturated carbocycles. The monoisotopic (exact) mass is 211 g/mol. The summed E-state index contributed by atoms with van der Waals surface area (Å²) in [5.41, 5.74) is 0.690. The molecule has 1 heterocycles. The highest BCUT2D eigenvalue weighted by atomic mass is 16.5. The highest BCUT2D eigenvalue weighted by molar-refractivity contribution is 5.38. The summed E-state index contributed by atoms with van der Waals surface area (Å²) in [5.74, 6) is 0. The molecule has 0 fully saturated rings. The van der Waals surface area contributed by atoms with Gasteiger partial charge in [-0.25, -0.2) is 4.68 Å². The number of methoxy groups -OCH3 is 1. The molecule has 5 nitrogen and oxygen atoms in total. The molecule has 0 aromatic carbocycles. The number of rotatable bonds is 6. The molecule has 1 aromatic rings. The van der Waals surface area contributed by atoms with Crippen molar-refractivity contribution in [1.82, 2.24) is 9.78 Å². The van der Waals surface area contributed by atoms with Gasteiger partial charge in [-0.05, 0) is 13.3 Å². The Morgan fingerprint density at radius 1 is 1.60 bits per heavy atom. The first-order valence-corrected chi connectivity index (χ1v) is 5.08. The molecule has 0 unspecified atom stereocenters. The molecule has 0 aliphatic rings. The fraction of sp³-hybridized carbons (Fsp3) is 0.600. The minimum Gasteiger partial charge on any atom is -0.385 e. The molecule has 1 aromatic heterocycles. The number of hydrogen-bond acceptors (Lipinski definition) is 4. The highest BCUT2D eigenvalue weighted by Crippen LogP contribution is 1.98. The van der Waals surface area contributed by atoms with Crippen molar-refractivity contribution in [1.29, 1.82) is 0 Å². The van der Waals surface area contributed by atoms with Gasteiger partial charge in [-0.1, -0.05) is 0 Å². The van der Waals surface area contributed by atoms with E-state index in [-0.39, 0.29) is 5.56 Å². The Morgan fingerprint density at radius 3 is 3.00 bits per heavy atom. The molecule has 1 rings (SSSR count). The van der Waals surface area contributed by atoms with Gasteiger partial charge < -0.3 is 10.1 Å². The Hall–Kier alpha value is -1.36. The molecule has 0 aliphatic carbocycles. The van der Waals surface area contributed by atoms with Crippen molar-refractivity contribution < 1.29 is 4.74 Å². The maximum Gasteiger partial charge on any atom is 0.268 e. The second-order valence-electron chi connectivity index (χ2n) is 3.18. The number of hydrogen-bond donors (Lipinski definition) is 1. The van der Waals surface area contributed by atoms with Crippen LogP contribution < -0.4 is 10.9 Å². The normalized spacial score (nSPS) is 10.3. The third-order valence-corrected chi connectivity index (χ3v) is 1.97. The largest absolute Gasteiger partial charge is 0.385 e. The van der Waals surface area contributed by atoms with E-state index in [1.807, 2.05) is 6.92 Å². The van der Waals surface area contributed by atoms with Gasteiger partial charge in [0.1, 0.15) is 0 Å². The van der Waals surface area contributed by atoms with Crippen molar-refractivity contribution >= 4 is 5.69 Å². The zero-order chi connectivity index (χ0) is 11.1. The smallest absolute Gasteiger partial charge is 0.268 e. The predicted octanol–water partition coefficient (Wildman–Crippen LogP) is 0.712.